The Hall–Kier alpha value is -4.13. The summed E-state index contributed by atoms with van der Waals surface area (Å²) in [7, 11) is 1.54. The fourth-order valence-electron chi connectivity index (χ4n) is 3.28. The number of methoxy groups -OCH3 is 1. The first-order chi connectivity index (χ1) is 14.6. The molecule has 3 amide bonds. The Morgan fingerprint density at radius 2 is 1.23 bits per heavy atom. The maximum absolute atomic E-state index is 13.2. The van der Waals surface area contributed by atoms with Crippen LogP contribution in [0.25, 0.3) is 0 Å². The number of amides is 3. The Kier molecular flexibility index (Phi) is 5.17. The van der Waals surface area contributed by atoms with Crippen LogP contribution in [-0.4, -0.2) is 24.8 Å². The normalized spacial score (nSPS) is 14.2. The molecule has 0 unspecified atom stereocenters. The van der Waals surface area contributed by atoms with Crippen molar-refractivity contribution in [3.05, 3.63) is 84.9 Å². The molecule has 1 N–H and O–H groups in total. The van der Waals surface area contributed by atoms with Gasteiger partial charge in [-0.2, -0.15) is 0 Å². The van der Waals surface area contributed by atoms with Crippen LogP contribution in [0.15, 0.2) is 84.9 Å². The van der Waals surface area contributed by atoms with Gasteiger partial charge in [-0.1, -0.05) is 36.4 Å². The van der Waals surface area contributed by atoms with Crippen molar-refractivity contribution in [1.82, 2.24) is 0 Å². The maximum Gasteiger partial charge on any atom is 0.268 e. The van der Waals surface area contributed by atoms with Crippen LogP contribution in [-0.2, 0) is 14.4 Å². The third-order valence-electron chi connectivity index (χ3n) is 4.73. The van der Waals surface area contributed by atoms with Crippen molar-refractivity contribution < 1.29 is 19.1 Å². The largest absolute Gasteiger partial charge is 0.497 e. The first-order valence-electron chi connectivity index (χ1n) is 9.33. The van der Waals surface area contributed by atoms with Crippen LogP contribution in [0.4, 0.5) is 17.1 Å². The van der Waals surface area contributed by atoms with E-state index < -0.39 is 23.6 Å². The number of hydrazine groups is 1. The topological polar surface area (TPSA) is 79.0 Å². The van der Waals surface area contributed by atoms with E-state index in [0.717, 1.165) is 0 Å². The summed E-state index contributed by atoms with van der Waals surface area (Å²) in [6.45, 7) is 0. The minimum Gasteiger partial charge on any atom is -0.497 e. The van der Waals surface area contributed by atoms with E-state index in [-0.39, 0.29) is 0 Å². The Balaban J connectivity index is 1.67. The van der Waals surface area contributed by atoms with Crippen molar-refractivity contribution in [2.45, 2.75) is 0 Å². The summed E-state index contributed by atoms with van der Waals surface area (Å²) in [5.74, 6) is -2.77. The van der Waals surface area contributed by atoms with Gasteiger partial charge in [0.15, 0.2) is 5.92 Å². The zero-order chi connectivity index (χ0) is 21.1. The Morgan fingerprint density at radius 1 is 0.767 bits per heavy atom. The van der Waals surface area contributed by atoms with Gasteiger partial charge in [-0.05, 0) is 48.5 Å². The Morgan fingerprint density at radius 3 is 1.67 bits per heavy atom. The molecular weight excluding hydrogens is 382 g/mol. The summed E-state index contributed by atoms with van der Waals surface area (Å²) < 4.78 is 5.10. The van der Waals surface area contributed by atoms with E-state index in [4.69, 9.17) is 4.74 Å². The highest BCUT2D eigenvalue weighted by Gasteiger charge is 2.51. The Bertz CT molecular complexity index is 1010. The highest BCUT2D eigenvalue weighted by atomic mass is 16.5. The molecule has 7 nitrogen and oxygen atoms in total. The summed E-state index contributed by atoms with van der Waals surface area (Å²) in [5, 5.41) is 5.14. The molecule has 0 atom stereocenters. The van der Waals surface area contributed by atoms with E-state index >= 15 is 0 Å². The van der Waals surface area contributed by atoms with Crippen LogP contribution in [0, 0.1) is 5.92 Å². The fraction of sp³-hybridized carbons (Fsp3) is 0.0870. The van der Waals surface area contributed by atoms with Gasteiger partial charge in [-0.15, -0.1) is 0 Å². The van der Waals surface area contributed by atoms with E-state index in [1.54, 1.807) is 79.9 Å². The maximum atomic E-state index is 13.2. The fourth-order valence-corrected chi connectivity index (χ4v) is 3.28. The van der Waals surface area contributed by atoms with E-state index in [1.807, 2.05) is 12.1 Å². The molecule has 0 radical (unpaired) electrons. The zero-order valence-electron chi connectivity index (χ0n) is 16.2. The second kappa shape index (κ2) is 8.08. The van der Waals surface area contributed by atoms with Gasteiger partial charge < -0.3 is 10.1 Å². The smallest absolute Gasteiger partial charge is 0.268 e. The molecule has 150 valence electrons. The van der Waals surface area contributed by atoms with Gasteiger partial charge in [0.2, 0.25) is 5.91 Å². The van der Waals surface area contributed by atoms with Gasteiger partial charge in [0.25, 0.3) is 11.8 Å². The molecule has 7 heteroatoms. The number of nitrogens with zero attached hydrogens (tertiary/aromatic N) is 2. The van der Waals surface area contributed by atoms with Crippen molar-refractivity contribution in [1.29, 1.82) is 0 Å². The third-order valence-corrected chi connectivity index (χ3v) is 4.73. The van der Waals surface area contributed by atoms with Gasteiger partial charge in [-0.25, -0.2) is 10.0 Å². The molecule has 0 spiro atoms. The van der Waals surface area contributed by atoms with Crippen LogP contribution in [0.3, 0.4) is 0 Å². The SMILES string of the molecule is COc1ccc(NC(=O)C2C(=O)N(c3ccccc3)N(c3ccccc3)C2=O)cc1. The second-order valence-electron chi connectivity index (χ2n) is 6.62. The lowest BCUT2D eigenvalue weighted by molar-refractivity contribution is -0.134. The number of carbonyl (C=O) groups is 3. The molecule has 0 aromatic heterocycles. The van der Waals surface area contributed by atoms with E-state index in [9.17, 15) is 14.4 Å². The summed E-state index contributed by atoms with van der Waals surface area (Å²) in [5.41, 5.74) is 1.46. The molecule has 1 heterocycles. The lowest BCUT2D eigenvalue weighted by Crippen LogP contribution is -2.41. The predicted molar refractivity (Wildman–Crippen MR) is 113 cm³/mol. The highest BCUT2D eigenvalue weighted by molar-refractivity contribution is 6.33. The molecule has 0 saturated carbocycles. The number of nitrogens with one attached hydrogen (secondary N) is 1. The number of carbonyl (C=O) groups excluding carboxylic acids is 3. The van der Waals surface area contributed by atoms with Crippen LogP contribution < -0.4 is 20.1 Å². The summed E-state index contributed by atoms with van der Waals surface area (Å²) in [4.78, 5) is 39.3. The number of rotatable bonds is 5. The minimum absolute atomic E-state index is 0.464. The van der Waals surface area contributed by atoms with Crippen molar-refractivity contribution in [2.24, 2.45) is 5.92 Å². The molecule has 0 aliphatic carbocycles. The van der Waals surface area contributed by atoms with Crippen LogP contribution in [0.5, 0.6) is 5.75 Å². The van der Waals surface area contributed by atoms with Crippen LogP contribution in [0.1, 0.15) is 0 Å². The number of hydrogen-bond acceptors (Lipinski definition) is 4. The molecule has 1 aliphatic rings. The minimum atomic E-state index is -1.49. The van der Waals surface area contributed by atoms with Crippen LogP contribution >= 0.6 is 0 Å². The highest BCUT2D eigenvalue weighted by Crippen LogP contribution is 2.32. The lowest BCUT2D eigenvalue weighted by Gasteiger charge is -2.27. The lowest BCUT2D eigenvalue weighted by atomic mass is 10.1. The molecule has 1 fully saturated rings. The molecule has 1 aliphatic heterocycles. The molecule has 4 rings (SSSR count). The zero-order valence-corrected chi connectivity index (χ0v) is 16.2. The monoisotopic (exact) mass is 401 g/mol. The molecule has 1 saturated heterocycles. The van der Waals surface area contributed by atoms with E-state index in [0.29, 0.717) is 22.8 Å². The Labute approximate surface area is 173 Å². The van der Waals surface area contributed by atoms with Gasteiger partial charge in [0.05, 0.1) is 18.5 Å². The summed E-state index contributed by atoms with van der Waals surface area (Å²) >= 11 is 0. The number of anilines is 3. The van der Waals surface area contributed by atoms with Crippen LogP contribution in [0.2, 0.25) is 0 Å². The molecular formula is C23H19N3O4. The van der Waals surface area contributed by atoms with Crippen molar-refractivity contribution in [3.8, 4) is 5.75 Å². The number of ether oxygens (including phenoxy) is 1. The summed E-state index contributed by atoms with van der Waals surface area (Å²) in [6, 6.07) is 24.2. The predicted octanol–water partition coefficient (Wildman–Crippen LogP) is 3.24. The van der Waals surface area contributed by atoms with Gasteiger partial charge >= 0.3 is 0 Å². The molecule has 0 bridgehead atoms. The standard InChI is InChI=1S/C23H19N3O4/c1-30-19-14-12-16(13-15-19)24-21(27)20-22(28)25(17-8-4-2-5-9-17)26(23(20)29)18-10-6-3-7-11-18/h2-15,20H,1H3,(H,24,27). The second-order valence-corrected chi connectivity index (χ2v) is 6.62. The number of para-hydroxylation sites is 2. The van der Waals surface area contributed by atoms with Crippen molar-refractivity contribution in [3.63, 3.8) is 0 Å². The first kappa shape index (κ1) is 19.2. The van der Waals surface area contributed by atoms with Crippen molar-refractivity contribution in [2.75, 3.05) is 22.4 Å². The first-order valence-corrected chi connectivity index (χ1v) is 9.33. The van der Waals surface area contributed by atoms with E-state index in [2.05, 4.69) is 5.32 Å². The molecule has 30 heavy (non-hydrogen) atoms. The van der Waals surface area contributed by atoms with Gasteiger partial charge in [-0.3, -0.25) is 14.4 Å². The van der Waals surface area contributed by atoms with Gasteiger partial charge in [0.1, 0.15) is 5.75 Å². The number of hydrogen-bond donors (Lipinski definition) is 1. The van der Waals surface area contributed by atoms with E-state index in [1.165, 1.54) is 10.0 Å². The van der Waals surface area contributed by atoms with Crippen molar-refractivity contribution >= 4 is 34.8 Å². The average molecular weight is 401 g/mol. The van der Waals surface area contributed by atoms with Gasteiger partial charge in [0, 0.05) is 5.69 Å². The average Bonchev–Trinajstić information content (AvgIpc) is 3.05. The molecule has 3 aromatic rings. The third kappa shape index (κ3) is 3.48. The number of benzene rings is 3. The quantitative estimate of drug-likeness (QED) is 0.666. The summed E-state index contributed by atoms with van der Waals surface area (Å²) in [6.07, 6.45) is 0. The molecule has 3 aromatic carbocycles.